The number of hydrogen-bond donors (Lipinski definition) is 3. The van der Waals surface area contributed by atoms with Crippen LogP contribution in [0.3, 0.4) is 0 Å². The number of alkyl halides is 2. The molecule has 3 N–H and O–H groups in total. The van der Waals surface area contributed by atoms with Crippen molar-refractivity contribution in [2.24, 2.45) is 5.92 Å². The summed E-state index contributed by atoms with van der Waals surface area (Å²) in [7, 11) is 0. The summed E-state index contributed by atoms with van der Waals surface area (Å²) in [6.07, 6.45) is -4.71. The van der Waals surface area contributed by atoms with Crippen LogP contribution in [0.2, 0.25) is 0 Å². The van der Waals surface area contributed by atoms with E-state index >= 15 is 0 Å². The molecule has 2 aromatic rings. The lowest BCUT2D eigenvalue weighted by Crippen LogP contribution is -2.45. The summed E-state index contributed by atoms with van der Waals surface area (Å²) in [5, 5.41) is 13.8. The lowest BCUT2D eigenvalue weighted by atomic mass is 9.98. The lowest BCUT2D eigenvalue weighted by molar-refractivity contribution is -0.143. The standard InChI is InChI=1S/C25H26F2N2O6/c26-22(27)10-21(24(31)32)29-23(30)14-9-15(34-12-14)11-28-25(33)35-13-20-18-7-3-1-5-16(18)17-6-2-4-8-19(17)20/h1-8,14-15,20-22H,9-13H2,(H,28,33)(H,29,30)(H,31,32)/t14-,15-,21?/m0/s1. The minimum absolute atomic E-state index is 0.00386. The number of hydrogen-bond acceptors (Lipinski definition) is 5. The molecule has 0 aromatic heterocycles. The van der Waals surface area contributed by atoms with Gasteiger partial charge in [0.1, 0.15) is 12.6 Å². The number of ether oxygens (including phenoxy) is 2. The number of halogens is 2. The van der Waals surface area contributed by atoms with Crippen LogP contribution in [0, 0.1) is 5.92 Å². The number of fused-ring (bicyclic) bond motifs is 3. The van der Waals surface area contributed by atoms with Gasteiger partial charge in [0.2, 0.25) is 12.3 Å². The van der Waals surface area contributed by atoms with Gasteiger partial charge in [0, 0.05) is 18.9 Å². The number of carbonyl (C=O) groups is 3. The molecular formula is C25H26F2N2O6. The first-order valence-electron chi connectivity index (χ1n) is 11.3. The van der Waals surface area contributed by atoms with E-state index < -0.39 is 48.9 Å². The van der Waals surface area contributed by atoms with Crippen molar-refractivity contribution in [1.82, 2.24) is 10.6 Å². The third-order valence-corrected chi connectivity index (χ3v) is 6.30. The molecule has 1 saturated heterocycles. The van der Waals surface area contributed by atoms with Crippen molar-refractivity contribution in [2.45, 2.75) is 37.3 Å². The molecule has 0 bridgehead atoms. The summed E-state index contributed by atoms with van der Waals surface area (Å²) in [5.41, 5.74) is 4.45. The number of carbonyl (C=O) groups excluding carboxylic acids is 2. The van der Waals surface area contributed by atoms with Crippen LogP contribution < -0.4 is 10.6 Å². The van der Waals surface area contributed by atoms with Gasteiger partial charge in [-0.2, -0.15) is 0 Å². The Hall–Kier alpha value is -3.53. The first-order valence-corrected chi connectivity index (χ1v) is 11.3. The molecule has 0 spiro atoms. The van der Waals surface area contributed by atoms with Gasteiger partial charge in [-0.1, -0.05) is 48.5 Å². The number of rotatable bonds is 9. The van der Waals surface area contributed by atoms with Crippen LogP contribution in [0.15, 0.2) is 48.5 Å². The summed E-state index contributed by atoms with van der Waals surface area (Å²) in [6.45, 7) is 0.265. The van der Waals surface area contributed by atoms with Gasteiger partial charge in [-0.15, -0.1) is 0 Å². The molecule has 186 valence electrons. The van der Waals surface area contributed by atoms with Crippen LogP contribution in [0.4, 0.5) is 13.6 Å². The van der Waals surface area contributed by atoms with E-state index in [1.54, 1.807) is 0 Å². The maximum absolute atomic E-state index is 12.5. The number of carboxylic acid groups (broad SMARTS) is 1. The summed E-state index contributed by atoms with van der Waals surface area (Å²) in [6, 6.07) is 14.3. The van der Waals surface area contributed by atoms with Crippen molar-refractivity contribution < 1.29 is 37.7 Å². The van der Waals surface area contributed by atoms with E-state index in [2.05, 4.69) is 10.6 Å². The monoisotopic (exact) mass is 488 g/mol. The first kappa shape index (κ1) is 24.6. The van der Waals surface area contributed by atoms with Gasteiger partial charge in [0.25, 0.3) is 0 Å². The Kier molecular flexibility index (Phi) is 7.60. The van der Waals surface area contributed by atoms with E-state index in [0.29, 0.717) is 0 Å². The third-order valence-electron chi connectivity index (χ3n) is 6.30. The van der Waals surface area contributed by atoms with Gasteiger partial charge in [0.15, 0.2) is 0 Å². The molecule has 0 radical (unpaired) electrons. The molecule has 2 aliphatic rings. The van der Waals surface area contributed by atoms with E-state index in [-0.39, 0.29) is 32.1 Å². The average Bonchev–Trinajstić information content (AvgIpc) is 3.44. The SMILES string of the molecule is O=C(NC[C@@H]1C[C@H](C(=O)NC(CC(F)F)C(=O)O)CO1)OCC1c2ccccc2-c2ccccc21. The number of amides is 2. The fourth-order valence-electron chi connectivity index (χ4n) is 4.57. The normalized spacial score (nSPS) is 19.6. The number of benzene rings is 2. The van der Waals surface area contributed by atoms with Gasteiger partial charge >= 0.3 is 12.1 Å². The first-order chi connectivity index (χ1) is 16.8. The maximum Gasteiger partial charge on any atom is 0.407 e. The van der Waals surface area contributed by atoms with Gasteiger partial charge < -0.3 is 25.2 Å². The lowest BCUT2D eigenvalue weighted by Gasteiger charge is -2.17. The van der Waals surface area contributed by atoms with Gasteiger partial charge in [-0.05, 0) is 28.7 Å². The van der Waals surface area contributed by atoms with E-state index in [1.807, 2.05) is 48.5 Å². The van der Waals surface area contributed by atoms with Crippen LogP contribution in [0.1, 0.15) is 29.9 Å². The molecule has 1 unspecified atom stereocenters. The second-order valence-corrected chi connectivity index (χ2v) is 8.62. The zero-order valence-electron chi connectivity index (χ0n) is 18.8. The molecule has 0 saturated carbocycles. The fraction of sp³-hybridized carbons (Fsp3) is 0.400. The quantitative estimate of drug-likeness (QED) is 0.500. The van der Waals surface area contributed by atoms with E-state index in [4.69, 9.17) is 14.6 Å². The highest BCUT2D eigenvalue weighted by Crippen LogP contribution is 2.44. The highest BCUT2D eigenvalue weighted by atomic mass is 19.3. The molecule has 3 atom stereocenters. The highest BCUT2D eigenvalue weighted by Gasteiger charge is 2.34. The Morgan fingerprint density at radius 2 is 1.69 bits per heavy atom. The van der Waals surface area contributed by atoms with Crippen molar-refractivity contribution in [2.75, 3.05) is 19.8 Å². The van der Waals surface area contributed by atoms with Gasteiger partial charge in [-0.3, -0.25) is 4.79 Å². The molecule has 2 amide bonds. The van der Waals surface area contributed by atoms with Crippen LogP contribution in [-0.2, 0) is 19.1 Å². The topological polar surface area (TPSA) is 114 Å². The minimum Gasteiger partial charge on any atom is -0.480 e. The molecule has 10 heteroatoms. The summed E-state index contributed by atoms with van der Waals surface area (Å²) in [5.74, 6) is -2.95. The molecular weight excluding hydrogens is 462 g/mol. The smallest absolute Gasteiger partial charge is 0.407 e. The Balaban J connectivity index is 1.24. The highest BCUT2D eigenvalue weighted by molar-refractivity contribution is 5.85. The average molecular weight is 488 g/mol. The Morgan fingerprint density at radius 3 is 2.29 bits per heavy atom. The van der Waals surface area contributed by atoms with Crippen molar-refractivity contribution in [3.63, 3.8) is 0 Å². The number of aliphatic carboxylic acids is 1. The molecule has 4 rings (SSSR count). The zero-order chi connectivity index (χ0) is 24.9. The Labute approximate surface area is 200 Å². The maximum atomic E-state index is 12.5. The Morgan fingerprint density at radius 1 is 1.06 bits per heavy atom. The zero-order valence-corrected chi connectivity index (χ0v) is 18.8. The Bertz CT molecular complexity index is 1050. The summed E-state index contributed by atoms with van der Waals surface area (Å²) < 4.78 is 36.0. The fourth-order valence-corrected chi connectivity index (χ4v) is 4.57. The summed E-state index contributed by atoms with van der Waals surface area (Å²) >= 11 is 0. The molecule has 1 fully saturated rings. The van der Waals surface area contributed by atoms with Gasteiger partial charge in [0.05, 0.1) is 18.6 Å². The number of nitrogens with one attached hydrogen (secondary N) is 2. The second kappa shape index (κ2) is 10.8. The second-order valence-electron chi connectivity index (χ2n) is 8.62. The van der Waals surface area contributed by atoms with E-state index in [1.165, 1.54) is 0 Å². The number of alkyl carbamates (subject to hydrolysis) is 1. The van der Waals surface area contributed by atoms with Crippen molar-refractivity contribution >= 4 is 18.0 Å². The number of carboxylic acids is 1. The molecule has 35 heavy (non-hydrogen) atoms. The van der Waals surface area contributed by atoms with Crippen LogP contribution in [0.25, 0.3) is 11.1 Å². The van der Waals surface area contributed by atoms with E-state index in [0.717, 1.165) is 22.3 Å². The third kappa shape index (κ3) is 5.76. The molecule has 1 aliphatic heterocycles. The predicted molar refractivity (Wildman–Crippen MR) is 121 cm³/mol. The molecule has 8 nitrogen and oxygen atoms in total. The van der Waals surface area contributed by atoms with Crippen molar-refractivity contribution in [3.8, 4) is 11.1 Å². The van der Waals surface area contributed by atoms with E-state index in [9.17, 15) is 23.2 Å². The van der Waals surface area contributed by atoms with Crippen molar-refractivity contribution in [1.29, 1.82) is 0 Å². The molecule has 1 aliphatic carbocycles. The van der Waals surface area contributed by atoms with Crippen molar-refractivity contribution in [3.05, 3.63) is 59.7 Å². The van der Waals surface area contributed by atoms with Crippen LogP contribution >= 0.6 is 0 Å². The van der Waals surface area contributed by atoms with Crippen LogP contribution in [-0.4, -0.2) is 61.4 Å². The largest absolute Gasteiger partial charge is 0.480 e. The molecule has 1 heterocycles. The van der Waals surface area contributed by atoms with Gasteiger partial charge in [-0.25, -0.2) is 18.4 Å². The molecule has 2 aromatic carbocycles. The predicted octanol–water partition coefficient (Wildman–Crippen LogP) is 3.15. The summed E-state index contributed by atoms with van der Waals surface area (Å²) in [4.78, 5) is 35.7. The minimum atomic E-state index is -2.86. The van der Waals surface area contributed by atoms with Crippen LogP contribution in [0.5, 0.6) is 0 Å².